The number of aliphatic hydroxyl groups excluding tert-OH is 1. The van der Waals surface area contributed by atoms with Gasteiger partial charge in [0.2, 0.25) is 0 Å². The van der Waals surface area contributed by atoms with Crippen LogP contribution in [0.2, 0.25) is 0 Å². The summed E-state index contributed by atoms with van der Waals surface area (Å²) in [4.78, 5) is 0. The van der Waals surface area contributed by atoms with E-state index in [0.717, 1.165) is 12.0 Å². The Bertz CT molecular complexity index is 557. The Labute approximate surface area is 125 Å². The van der Waals surface area contributed by atoms with Crippen LogP contribution >= 0.6 is 0 Å². The average Bonchev–Trinajstić information content (AvgIpc) is 2.55. The van der Waals surface area contributed by atoms with Crippen LogP contribution in [0, 0.1) is 0 Å². The first-order valence-corrected chi connectivity index (χ1v) is 6.97. The summed E-state index contributed by atoms with van der Waals surface area (Å²) < 4.78 is 11.1. The summed E-state index contributed by atoms with van der Waals surface area (Å²) in [5, 5.41) is 9.80. The number of nitrogens with two attached hydrogens (primary N) is 1. The van der Waals surface area contributed by atoms with E-state index in [4.69, 9.17) is 15.2 Å². The lowest BCUT2D eigenvalue weighted by Crippen LogP contribution is -2.12. The maximum atomic E-state index is 9.80. The standard InChI is InChI=1S/C17H21NO3/c1-20-16-8-7-14(15(19)12-18)11-17(16)21-10-9-13-5-3-2-4-6-13/h2-8,11,15,19H,9-10,12,18H2,1H3. The summed E-state index contributed by atoms with van der Waals surface area (Å²) in [6.07, 6.45) is 0.126. The lowest BCUT2D eigenvalue weighted by atomic mass is 10.1. The summed E-state index contributed by atoms with van der Waals surface area (Å²) in [7, 11) is 1.60. The van der Waals surface area contributed by atoms with Gasteiger partial charge in [0.1, 0.15) is 0 Å². The zero-order valence-corrected chi connectivity index (χ0v) is 12.2. The highest BCUT2D eigenvalue weighted by molar-refractivity contribution is 5.43. The van der Waals surface area contributed by atoms with Gasteiger partial charge in [0.05, 0.1) is 19.8 Å². The van der Waals surface area contributed by atoms with Gasteiger partial charge in [-0.15, -0.1) is 0 Å². The summed E-state index contributed by atoms with van der Waals surface area (Å²) in [6, 6.07) is 15.5. The van der Waals surface area contributed by atoms with E-state index in [9.17, 15) is 5.11 Å². The maximum absolute atomic E-state index is 9.80. The summed E-state index contributed by atoms with van der Waals surface area (Å²) in [5.41, 5.74) is 7.43. The molecule has 0 aliphatic carbocycles. The van der Waals surface area contributed by atoms with E-state index >= 15 is 0 Å². The predicted octanol–water partition coefficient (Wildman–Crippen LogP) is 2.31. The van der Waals surface area contributed by atoms with E-state index in [1.54, 1.807) is 25.3 Å². The summed E-state index contributed by atoms with van der Waals surface area (Å²) in [5.74, 6) is 1.27. The second kappa shape index (κ2) is 7.67. The fourth-order valence-electron chi connectivity index (χ4n) is 2.07. The average molecular weight is 287 g/mol. The molecule has 112 valence electrons. The second-order valence-corrected chi connectivity index (χ2v) is 4.75. The third kappa shape index (κ3) is 4.21. The Morgan fingerprint density at radius 2 is 1.86 bits per heavy atom. The van der Waals surface area contributed by atoms with Crippen molar-refractivity contribution in [3.63, 3.8) is 0 Å². The van der Waals surface area contributed by atoms with Crippen LogP contribution in [0.15, 0.2) is 48.5 Å². The van der Waals surface area contributed by atoms with Gasteiger partial charge in [-0.25, -0.2) is 0 Å². The lowest BCUT2D eigenvalue weighted by molar-refractivity contribution is 0.185. The van der Waals surface area contributed by atoms with Gasteiger partial charge in [-0.3, -0.25) is 0 Å². The van der Waals surface area contributed by atoms with Crippen LogP contribution in [0.3, 0.4) is 0 Å². The van der Waals surface area contributed by atoms with Crippen LogP contribution in [0.4, 0.5) is 0 Å². The fourth-order valence-corrected chi connectivity index (χ4v) is 2.07. The van der Waals surface area contributed by atoms with Gasteiger partial charge in [-0.05, 0) is 23.3 Å². The highest BCUT2D eigenvalue weighted by Gasteiger charge is 2.10. The molecule has 0 amide bonds. The number of ether oxygens (including phenoxy) is 2. The molecule has 0 fully saturated rings. The van der Waals surface area contributed by atoms with Crippen molar-refractivity contribution in [3.05, 3.63) is 59.7 Å². The van der Waals surface area contributed by atoms with Gasteiger partial charge in [-0.2, -0.15) is 0 Å². The van der Waals surface area contributed by atoms with Gasteiger partial charge in [0, 0.05) is 13.0 Å². The van der Waals surface area contributed by atoms with Crippen molar-refractivity contribution in [2.75, 3.05) is 20.3 Å². The minimum Gasteiger partial charge on any atom is -0.493 e. The molecular weight excluding hydrogens is 266 g/mol. The van der Waals surface area contributed by atoms with Gasteiger partial charge < -0.3 is 20.3 Å². The first-order chi connectivity index (χ1) is 10.2. The van der Waals surface area contributed by atoms with E-state index in [-0.39, 0.29) is 6.54 Å². The van der Waals surface area contributed by atoms with Gasteiger partial charge in [0.15, 0.2) is 11.5 Å². The number of benzene rings is 2. The van der Waals surface area contributed by atoms with Crippen LogP contribution in [-0.4, -0.2) is 25.4 Å². The lowest BCUT2D eigenvalue weighted by Gasteiger charge is -2.14. The highest BCUT2D eigenvalue weighted by atomic mass is 16.5. The van der Waals surface area contributed by atoms with Crippen molar-refractivity contribution in [3.8, 4) is 11.5 Å². The molecule has 21 heavy (non-hydrogen) atoms. The van der Waals surface area contributed by atoms with Crippen molar-refractivity contribution in [1.82, 2.24) is 0 Å². The van der Waals surface area contributed by atoms with Gasteiger partial charge >= 0.3 is 0 Å². The van der Waals surface area contributed by atoms with E-state index in [2.05, 4.69) is 12.1 Å². The third-order valence-electron chi connectivity index (χ3n) is 3.29. The molecule has 0 spiro atoms. The molecule has 0 saturated carbocycles. The van der Waals surface area contributed by atoms with E-state index in [1.807, 2.05) is 18.2 Å². The topological polar surface area (TPSA) is 64.7 Å². The molecule has 0 aliphatic heterocycles. The predicted molar refractivity (Wildman–Crippen MR) is 82.6 cm³/mol. The molecule has 2 rings (SSSR count). The van der Waals surface area contributed by atoms with E-state index in [1.165, 1.54) is 5.56 Å². The Morgan fingerprint density at radius 3 is 2.52 bits per heavy atom. The number of hydrogen-bond acceptors (Lipinski definition) is 4. The Hall–Kier alpha value is -2.04. The van der Waals surface area contributed by atoms with E-state index < -0.39 is 6.10 Å². The van der Waals surface area contributed by atoms with Crippen LogP contribution < -0.4 is 15.2 Å². The molecule has 0 aromatic heterocycles. The Balaban J connectivity index is 2.03. The van der Waals surface area contributed by atoms with Crippen molar-refractivity contribution in [2.24, 2.45) is 5.73 Å². The molecule has 1 atom stereocenters. The second-order valence-electron chi connectivity index (χ2n) is 4.75. The molecule has 0 bridgehead atoms. The molecule has 0 aliphatic rings. The molecule has 0 radical (unpaired) electrons. The molecule has 2 aromatic rings. The molecule has 2 aromatic carbocycles. The SMILES string of the molecule is COc1ccc(C(O)CN)cc1OCCc1ccccc1. The van der Waals surface area contributed by atoms with Crippen LogP contribution in [-0.2, 0) is 6.42 Å². The molecule has 0 heterocycles. The first kappa shape index (κ1) is 15.4. The normalized spacial score (nSPS) is 12.0. The first-order valence-electron chi connectivity index (χ1n) is 6.97. The Morgan fingerprint density at radius 1 is 1.10 bits per heavy atom. The van der Waals surface area contributed by atoms with Gasteiger partial charge in [0.25, 0.3) is 0 Å². The molecule has 4 heteroatoms. The fraction of sp³-hybridized carbons (Fsp3) is 0.294. The van der Waals surface area contributed by atoms with Crippen LogP contribution in [0.5, 0.6) is 11.5 Å². The Kier molecular flexibility index (Phi) is 5.60. The molecule has 4 nitrogen and oxygen atoms in total. The number of hydrogen-bond donors (Lipinski definition) is 2. The van der Waals surface area contributed by atoms with Crippen molar-refractivity contribution < 1.29 is 14.6 Å². The third-order valence-corrected chi connectivity index (χ3v) is 3.29. The number of rotatable bonds is 7. The van der Waals surface area contributed by atoms with Gasteiger partial charge in [-0.1, -0.05) is 36.4 Å². The smallest absolute Gasteiger partial charge is 0.161 e. The summed E-state index contributed by atoms with van der Waals surface area (Å²) in [6.45, 7) is 0.721. The maximum Gasteiger partial charge on any atom is 0.161 e. The van der Waals surface area contributed by atoms with E-state index in [0.29, 0.717) is 18.1 Å². The molecular formula is C17H21NO3. The van der Waals surface area contributed by atoms with Crippen LogP contribution in [0.25, 0.3) is 0 Å². The number of methoxy groups -OCH3 is 1. The monoisotopic (exact) mass is 287 g/mol. The largest absolute Gasteiger partial charge is 0.493 e. The van der Waals surface area contributed by atoms with Crippen molar-refractivity contribution in [2.45, 2.75) is 12.5 Å². The van der Waals surface area contributed by atoms with Crippen molar-refractivity contribution in [1.29, 1.82) is 0 Å². The minimum atomic E-state index is -0.688. The number of aliphatic hydroxyl groups is 1. The zero-order chi connectivity index (χ0) is 15.1. The minimum absolute atomic E-state index is 0.176. The van der Waals surface area contributed by atoms with Crippen LogP contribution in [0.1, 0.15) is 17.2 Å². The van der Waals surface area contributed by atoms with Crippen molar-refractivity contribution >= 4 is 0 Å². The molecule has 1 unspecified atom stereocenters. The quantitative estimate of drug-likeness (QED) is 0.820. The summed E-state index contributed by atoms with van der Waals surface area (Å²) >= 11 is 0. The molecule has 3 N–H and O–H groups in total. The highest BCUT2D eigenvalue weighted by Crippen LogP contribution is 2.30. The molecule has 0 saturated heterocycles. The zero-order valence-electron chi connectivity index (χ0n) is 12.2.